The van der Waals surface area contributed by atoms with E-state index in [0.717, 1.165) is 18.8 Å². The Morgan fingerprint density at radius 3 is 1.33 bits per heavy atom. The molecule has 5 nitrogen and oxygen atoms in total. The third kappa shape index (κ3) is 27.5. The van der Waals surface area contributed by atoms with E-state index in [2.05, 4.69) is 13.8 Å². The van der Waals surface area contributed by atoms with E-state index >= 15 is 0 Å². The summed E-state index contributed by atoms with van der Waals surface area (Å²) in [5, 5.41) is 9.05. The highest BCUT2D eigenvalue weighted by atomic mass is 16.5. The molecule has 0 aliphatic heterocycles. The molecule has 0 aliphatic rings. The van der Waals surface area contributed by atoms with Crippen LogP contribution in [-0.2, 0) is 14.3 Å². The number of carboxylic acids is 1. The first-order valence-electron chi connectivity index (χ1n) is 15.3. The Labute approximate surface area is 224 Å². The van der Waals surface area contributed by atoms with Gasteiger partial charge in [0.05, 0.1) is 27.6 Å². The predicted octanol–water partition coefficient (Wildman–Crippen LogP) is 8.54. The molecule has 0 spiro atoms. The quantitative estimate of drug-likeness (QED) is 0.0716. The highest BCUT2D eigenvalue weighted by Gasteiger charge is 2.24. The molecular formula is C31H62NO4+. The van der Waals surface area contributed by atoms with Gasteiger partial charge in [-0.15, -0.1) is 0 Å². The number of hydrogen-bond donors (Lipinski definition) is 1. The summed E-state index contributed by atoms with van der Waals surface area (Å²) in [6.07, 6.45) is 25.0. The lowest BCUT2D eigenvalue weighted by molar-refractivity contribution is -0.873. The van der Waals surface area contributed by atoms with Crippen molar-refractivity contribution in [3.63, 3.8) is 0 Å². The van der Waals surface area contributed by atoms with Gasteiger partial charge in [0.15, 0.2) is 6.10 Å². The van der Waals surface area contributed by atoms with Gasteiger partial charge < -0.3 is 14.3 Å². The molecule has 0 fully saturated rings. The summed E-state index contributed by atoms with van der Waals surface area (Å²) in [6.45, 7) is 5.16. The number of ether oxygens (including phenoxy) is 1. The molecule has 0 bridgehead atoms. The molecule has 0 radical (unpaired) electrons. The van der Waals surface area contributed by atoms with Crippen molar-refractivity contribution in [3.8, 4) is 0 Å². The normalized spacial score (nSPS) is 12.7. The van der Waals surface area contributed by atoms with E-state index in [1.165, 1.54) is 109 Å². The predicted molar refractivity (Wildman–Crippen MR) is 152 cm³/mol. The zero-order chi connectivity index (χ0) is 27.1. The summed E-state index contributed by atoms with van der Waals surface area (Å²) < 4.78 is 6.02. The molecule has 0 heterocycles. The van der Waals surface area contributed by atoms with Crippen LogP contribution < -0.4 is 0 Å². The number of aliphatic carboxylic acids is 1. The van der Waals surface area contributed by atoms with Crippen LogP contribution in [0.25, 0.3) is 0 Å². The Hall–Kier alpha value is -1.10. The second-order valence-corrected chi connectivity index (χ2v) is 12.5. The number of carbonyl (C=O) groups excluding carboxylic acids is 1. The monoisotopic (exact) mass is 512 g/mol. The molecule has 1 atom stereocenters. The first kappa shape index (κ1) is 34.9. The van der Waals surface area contributed by atoms with Crippen molar-refractivity contribution in [1.82, 2.24) is 0 Å². The molecule has 0 aromatic rings. The van der Waals surface area contributed by atoms with Crippen molar-refractivity contribution in [2.75, 3.05) is 27.7 Å². The van der Waals surface area contributed by atoms with E-state index in [9.17, 15) is 9.59 Å². The minimum absolute atomic E-state index is 0.125. The largest absolute Gasteiger partial charge is 0.481 e. The number of quaternary nitrogens is 1. The van der Waals surface area contributed by atoms with Gasteiger partial charge in [-0.3, -0.25) is 9.59 Å². The van der Waals surface area contributed by atoms with Gasteiger partial charge in [-0.25, -0.2) is 0 Å². The van der Waals surface area contributed by atoms with Crippen molar-refractivity contribution >= 4 is 11.9 Å². The maximum atomic E-state index is 12.1. The van der Waals surface area contributed by atoms with Crippen LogP contribution in [0, 0.1) is 5.92 Å². The van der Waals surface area contributed by atoms with Gasteiger partial charge in [0, 0.05) is 6.42 Å². The van der Waals surface area contributed by atoms with Crippen LogP contribution >= 0.6 is 0 Å². The number of likely N-dealkylation sites (N-methyl/N-ethyl adjacent to an activating group) is 1. The van der Waals surface area contributed by atoms with Gasteiger partial charge >= 0.3 is 11.9 Å². The molecule has 0 saturated heterocycles. The fraction of sp³-hybridized carbons (Fsp3) is 0.935. The van der Waals surface area contributed by atoms with Crippen LogP contribution in [0.1, 0.15) is 149 Å². The van der Waals surface area contributed by atoms with E-state index in [-0.39, 0.29) is 12.4 Å². The molecule has 36 heavy (non-hydrogen) atoms. The molecular weight excluding hydrogens is 450 g/mol. The molecule has 5 heteroatoms. The summed E-state index contributed by atoms with van der Waals surface area (Å²) in [7, 11) is 5.92. The standard InChI is InChI=1S/C31H61NO4/c1-28(2)24-22-20-18-16-14-12-10-8-6-7-9-11-13-15-17-19-21-23-25-31(35)36-29(26-30(33)34)27-32(3,4)5/h28-29H,6-27H2,1-5H3/p+1. The maximum absolute atomic E-state index is 12.1. The average Bonchev–Trinajstić information content (AvgIpc) is 2.75. The van der Waals surface area contributed by atoms with Crippen molar-refractivity contribution in [2.24, 2.45) is 5.92 Å². The zero-order valence-electron chi connectivity index (χ0n) is 24.8. The number of carbonyl (C=O) groups is 2. The zero-order valence-corrected chi connectivity index (χ0v) is 24.8. The molecule has 0 aromatic carbocycles. The fourth-order valence-electron chi connectivity index (χ4n) is 4.84. The van der Waals surface area contributed by atoms with E-state index in [1.54, 1.807) is 0 Å². The fourth-order valence-corrected chi connectivity index (χ4v) is 4.84. The molecule has 0 aromatic heterocycles. The minimum atomic E-state index is -0.921. The molecule has 0 rings (SSSR count). The summed E-state index contributed by atoms with van der Waals surface area (Å²) in [4.78, 5) is 23.1. The van der Waals surface area contributed by atoms with E-state index in [1.807, 2.05) is 21.1 Å². The molecule has 0 amide bonds. The van der Waals surface area contributed by atoms with E-state index < -0.39 is 12.1 Å². The van der Waals surface area contributed by atoms with Crippen LogP contribution in [0.5, 0.6) is 0 Å². The Morgan fingerprint density at radius 1 is 0.639 bits per heavy atom. The number of rotatable bonds is 26. The van der Waals surface area contributed by atoms with Gasteiger partial charge in [0.25, 0.3) is 0 Å². The van der Waals surface area contributed by atoms with E-state index in [0.29, 0.717) is 17.4 Å². The van der Waals surface area contributed by atoms with Crippen LogP contribution in [0.4, 0.5) is 0 Å². The molecule has 0 saturated carbocycles. The molecule has 1 N–H and O–H groups in total. The highest BCUT2D eigenvalue weighted by molar-refractivity contribution is 5.71. The number of carboxylic acid groups (broad SMARTS) is 1. The summed E-state index contributed by atoms with van der Waals surface area (Å²) >= 11 is 0. The van der Waals surface area contributed by atoms with Crippen molar-refractivity contribution in [1.29, 1.82) is 0 Å². The molecule has 214 valence electrons. The third-order valence-corrected chi connectivity index (χ3v) is 6.86. The first-order valence-corrected chi connectivity index (χ1v) is 15.3. The lowest BCUT2D eigenvalue weighted by Gasteiger charge is -2.28. The topological polar surface area (TPSA) is 63.6 Å². The van der Waals surface area contributed by atoms with Gasteiger partial charge in [-0.1, -0.05) is 129 Å². The lowest BCUT2D eigenvalue weighted by Crippen LogP contribution is -2.43. The molecule has 0 aliphatic carbocycles. The summed E-state index contributed by atoms with van der Waals surface area (Å²) in [5.41, 5.74) is 0. The number of nitrogens with zero attached hydrogens (tertiary/aromatic N) is 1. The third-order valence-electron chi connectivity index (χ3n) is 6.86. The Morgan fingerprint density at radius 2 is 1.00 bits per heavy atom. The first-order chi connectivity index (χ1) is 17.1. The van der Waals surface area contributed by atoms with Gasteiger partial charge in [0.2, 0.25) is 0 Å². The maximum Gasteiger partial charge on any atom is 0.307 e. The lowest BCUT2D eigenvalue weighted by atomic mass is 10.0. The SMILES string of the molecule is CC(C)CCCCCCCCCCCCCCCCCCCCC(=O)OC(CC(=O)O)C[N+](C)(C)C. The number of esters is 1. The van der Waals surface area contributed by atoms with Crippen LogP contribution in [0.2, 0.25) is 0 Å². The summed E-state index contributed by atoms with van der Waals surface area (Å²) in [5.74, 6) is -0.312. The second-order valence-electron chi connectivity index (χ2n) is 12.5. The highest BCUT2D eigenvalue weighted by Crippen LogP contribution is 2.16. The van der Waals surface area contributed by atoms with Gasteiger partial charge in [-0.05, 0) is 12.3 Å². The van der Waals surface area contributed by atoms with Crippen LogP contribution in [0.15, 0.2) is 0 Å². The molecule has 1 unspecified atom stereocenters. The van der Waals surface area contributed by atoms with Crippen LogP contribution in [0.3, 0.4) is 0 Å². The Balaban J connectivity index is 3.42. The van der Waals surface area contributed by atoms with Gasteiger partial charge in [-0.2, -0.15) is 0 Å². The van der Waals surface area contributed by atoms with Crippen molar-refractivity contribution < 1.29 is 23.9 Å². The summed E-state index contributed by atoms with van der Waals surface area (Å²) in [6, 6.07) is 0. The van der Waals surface area contributed by atoms with E-state index in [4.69, 9.17) is 9.84 Å². The Bertz CT molecular complexity index is 527. The number of hydrogen-bond acceptors (Lipinski definition) is 3. The Kier molecular flexibility index (Phi) is 22.3. The second kappa shape index (κ2) is 23.0. The average molecular weight is 513 g/mol. The van der Waals surface area contributed by atoms with Crippen LogP contribution in [-0.4, -0.2) is 55.3 Å². The number of unbranched alkanes of at least 4 members (excludes halogenated alkanes) is 17. The van der Waals surface area contributed by atoms with Crippen molar-refractivity contribution in [2.45, 2.75) is 155 Å². The van der Waals surface area contributed by atoms with Gasteiger partial charge in [0.1, 0.15) is 6.54 Å². The smallest absolute Gasteiger partial charge is 0.307 e. The minimum Gasteiger partial charge on any atom is -0.481 e. The van der Waals surface area contributed by atoms with Crippen molar-refractivity contribution in [3.05, 3.63) is 0 Å².